The molecule has 0 aliphatic heterocycles. The van der Waals surface area contributed by atoms with Crippen LogP contribution in [0, 0.1) is 0 Å². The van der Waals surface area contributed by atoms with Gasteiger partial charge in [0.1, 0.15) is 5.82 Å². The fourth-order valence-electron chi connectivity index (χ4n) is 1.82. The molecule has 1 aromatic heterocycles. The molecule has 112 valence electrons. The van der Waals surface area contributed by atoms with Crippen LogP contribution < -0.4 is 20.1 Å². The summed E-state index contributed by atoms with van der Waals surface area (Å²) < 4.78 is 11.1. The Bertz CT molecular complexity index is 590. The molecule has 2 aromatic rings. The summed E-state index contributed by atoms with van der Waals surface area (Å²) in [7, 11) is 1.80. The second kappa shape index (κ2) is 7.33. The molecule has 2 N–H and O–H groups in total. The lowest BCUT2D eigenvalue weighted by atomic mass is 10.2. The first-order valence-electron chi connectivity index (χ1n) is 6.93. The van der Waals surface area contributed by atoms with E-state index in [1.54, 1.807) is 19.4 Å². The Morgan fingerprint density at radius 2 is 1.71 bits per heavy atom. The third-order valence-electron chi connectivity index (χ3n) is 2.71. The fourth-order valence-corrected chi connectivity index (χ4v) is 1.82. The van der Waals surface area contributed by atoms with Crippen LogP contribution in [0.25, 0.3) is 0 Å². The van der Waals surface area contributed by atoms with Crippen molar-refractivity contribution in [2.75, 3.05) is 30.9 Å². The largest absolute Gasteiger partial charge is 0.490 e. The van der Waals surface area contributed by atoms with Gasteiger partial charge in [0.2, 0.25) is 0 Å². The zero-order valence-corrected chi connectivity index (χ0v) is 12.5. The van der Waals surface area contributed by atoms with Crippen molar-refractivity contribution >= 4 is 17.3 Å². The molecule has 0 aliphatic carbocycles. The second-order valence-corrected chi connectivity index (χ2v) is 4.19. The number of nitrogens with zero attached hydrogens (tertiary/aromatic N) is 2. The molecule has 0 spiro atoms. The van der Waals surface area contributed by atoms with Crippen LogP contribution >= 0.6 is 0 Å². The minimum Gasteiger partial charge on any atom is -0.490 e. The number of anilines is 3. The van der Waals surface area contributed by atoms with Crippen molar-refractivity contribution in [1.82, 2.24) is 9.97 Å². The molecule has 6 nitrogen and oxygen atoms in total. The number of rotatable bonds is 7. The van der Waals surface area contributed by atoms with Gasteiger partial charge >= 0.3 is 0 Å². The monoisotopic (exact) mass is 288 g/mol. The molecular formula is C15H20N4O2. The van der Waals surface area contributed by atoms with Crippen LogP contribution in [0.2, 0.25) is 0 Å². The van der Waals surface area contributed by atoms with Crippen LogP contribution in [0.15, 0.2) is 30.6 Å². The van der Waals surface area contributed by atoms with Crippen molar-refractivity contribution in [2.45, 2.75) is 13.8 Å². The molecule has 0 aliphatic rings. The molecule has 1 aromatic carbocycles. The second-order valence-electron chi connectivity index (χ2n) is 4.19. The minimum absolute atomic E-state index is 0.582. The summed E-state index contributed by atoms with van der Waals surface area (Å²) in [6.45, 7) is 5.07. The number of benzene rings is 1. The van der Waals surface area contributed by atoms with Crippen molar-refractivity contribution in [3.63, 3.8) is 0 Å². The Morgan fingerprint density at radius 1 is 1.00 bits per heavy atom. The summed E-state index contributed by atoms with van der Waals surface area (Å²) in [5, 5.41) is 6.15. The smallest absolute Gasteiger partial charge is 0.163 e. The Balaban J connectivity index is 2.21. The fraction of sp³-hybridized carbons (Fsp3) is 0.333. The lowest BCUT2D eigenvalue weighted by molar-refractivity contribution is 0.288. The molecule has 1 heterocycles. The minimum atomic E-state index is 0.582. The summed E-state index contributed by atoms with van der Waals surface area (Å²) in [5.74, 6) is 2.81. The summed E-state index contributed by atoms with van der Waals surface area (Å²) in [6.07, 6.45) is 3.33. The lowest BCUT2D eigenvalue weighted by Gasteiger charge is -2.13. The van der Waals surface area contributed by atoms with Crippen LogP contribution in [0.3, 0.4) is 0 Å². The van der Waals surface area contributed by atoms with Crippen molar-refractivity contribution in [2.24, 2.45) is 0 Å². The first-order chi connectivity index (χ1) is 10.3. The highest BCUT2D eigenvalue weighted by molar-refractivity contribution is 5.61. The molecule has 2 rings (SSSR count). The Hall–Kier alpha value is -2.50. The standard InChI is InChI=1S/C15H20N4O2/c1-4-20-12-7-6-11(8-13(12)21-5-2)18-15-10-17-9-14(16-3)19-15/h6-10H,4-5H2,1-3H3,(H2,16,18,19). The molecule has 0 saturated carbocycles. The van der Waals surface area contributed by atoms with Gasteiger partial charge in [-0.2, -0.15) is 0 Å². The van der Waals surface area contributed by atoms with Gasteiger partial charge in [-0.25, -0.2) is 4.98 Å². The zero-order chi connectivity index (χ0) is 15.1. The highest BCUT2D eigenvalue weighted by atomic mass is 16.5. The van der Waals surface area contributed by atoms with Crippen molar-refractivity contribution in [1.29, 1.82) is 0 Å². The van der Waals surface area contributed by atoms with E-state index in [1.807, 2.05) is 32.0 Å². The maximum Gasteiger partial charge on any atom is 0.163 e. The predicted octanol–water partition coefficient (Wildman–Crippen LogP) is 3.06. The highest BCUT2D eigenvalue weighted by Crippen LogP contribution is 2.31. The number of hydrogen-bond donors (Lipinski definition) is 2. The molecule has 0 amide bonds. The van der Waals surface area contributed by atoms with Gasteiger partial charge in [0.25, 0.3) is 0 Å². The average molecular weight is 288 g/mol. The van der Waals surface area contributed by atoms with Gasteiger partial charge in [-0.1, -0.05) is 0 Å². The van der Waals surface area contributed by atoms with E-state index in [0.29, 0.717) is 30.6 Å². The molecule has 0 unspecified atom stereocenters. The molecule has 0 bridgehead atoms. The number of nitrogens with one attached hydrogen (secondary N) is 2. The van der Waals surface area contributed by atoms with E-state index in [-0.39, 0.29) is 0 Å². The quantitative estimate of drug-likeness (QED) is 0.816. The van der Waals surface area contributed by atoms with Gasteiger partial charge in [-0.3, -0.25) is 4.98 Å². The SMILES string of the molecule is CCOc1ccc(Nc2cncc(NC)n2)cc1OCC. The van der Waals surface area contributed by atoms with Gasteiger partial charge in [0.05, 0.1) is 25.6 Å². The van der Waals surface area contributed by atoms with Crippen LogP contribution in [0.5, 0.6) is 11.5 Å². The van der Waals surface area contributed by atoms with Crippen molar-refractivity contribution in [3.05, 3.63) is 30.6 Å². The van der Waals surface area contributed by atoms with E-state index in [1.165, 1.54) is 0 Å². The molecule has 0 fully saturated rings. The zero-order valence-electron chi connectivity index (χ0n) is 12.5. The molecule has 0 atom stereocenters. The van der Waals surface area contributed by atoms with E-state index < -0.39 is 0 Å². The maximum atomic E-state index is 5.60. The van der Waals surface area contributed by atoms with E-state index in [9.17, 15) is 0 Å². The van der Waals surface area contributed by atoms with Crippen molar-refractivity contribution in [3.8, 4) is 11.5 Å². The third kappa shape index (κ3) is 3.98. The van der Waals surface area contributed by atoms with Gasteiger partial charge < -0.3 is 20.1 Å². The molecule has 0 saturated heterocycles. The van der Waals surface area contributed by atoms with Crippen molar-refractivity contribution < 1.29 is 9.47 Å². The molecule has 0 radical (unpaired) electrons. The topological polar surface area (TPSA) is 68.3 Å². The van der Waals surface area contributed by atoms with E-state index in [4.69, 9.17) is 9.47 Å². The van der Waals surface area contributed by atoms with Gasteiger partial charge in [0.15, 0.2) is 17.3 Å². The first-order valence-corrected chi connectivity index (χ1v) is 6.93. The van der Waals surface area contributed by atoms with Gasteiger partial charge in [-0.15, -0.1) is 0 Å². The molecular weight excluding hydrogens is 268 g/mol. The van der Waals surface area contributed by atoms with Crippen LogP contribution in [0.4, 0.5) is 17.3 Å². The van der Waals surface area contributed by atoms with Crippen LogP contribution in [0.1, 0.15) is 13.8 Å². The lowest BCUT2D eigenvalue weighted by Crippen LogP contribution is -2.01. The Morgan fingerprint density at radius 3 is 2.43 bits per heavy atom. The number of ether oxygens (including phenoxy) is 2. The number of aromatic nitrogens is 2. The predicted molar refractivity (Wildman–Crippen MR) is 83.6 cm³/mol. The van der Waals surface area contributed by atoms with Gasteiger partial charge in [0, 0.05) is 18.8 Å². The normalized spacial score (nSPS) is 10.0. The van der Waals surface area contributed by atoms with E-state index in [0.717, 1.165) is 11.4 Å². The summed E-state index contributed by atoms with van der Waals surface area (Å²) in [5.41, 5.74) is 0.865. The third-order valence-corrected chi connectivity index (χ3v) is 2.71. The summed E-state index contributed by atoms with van der Waals surface area (Å²) in [6, 6.07) is 5.69. The van der Waals surface area contributed by atoms with E-state index >= 15 is 0 Å². The maximum absolute atomic E-state index is 5.60. The van der Waals surface area contributed by atoms with Gasteiger partial charge in [-0.05, 0) is 26.0 Å². The van der Waals surface area contributed by atoms with Crippen LogP contribution in [-0.4, -0.2) is 30.2 Å². The Labute approximate surface area is 124 Å². The molecule has 21 heavy (non-hydrogen) atoms. The average Bonchev–Trinajstić information content (AvgIpc) is 2.50. The van der Waals surface area contributed by atoms with E-state index in [2.05, 4.69) is 20.6 Å². The molecule has 6 heteroatoms. The summed E-state index contributed by atoms with van der Waals surface area (Å²) >= 11 is 0. The number of hydrogen-bond acceptors (Lipinski definition) is 6. The van der Waals surface area contributed by atoms with Crippen LogP contribution in [-0.2, 0) is 0 Å². The highest BCUT2D eigenvalue weighted by Gasteiger charge is 2.07. The summed E-state index contributed by atoms with van der Waals surface area (Å²) in [4.78, 5) is 8.48. The Kier molecular flexibility index (Phi) is 5.20. The first kappa shape index (κ1) is 14.9.